The van der Waals surface area contributed by atoms with E-state index in [2.05, 4.69) is 66.2 Å². The maximum atomic E-state index is 10.1. The van der Waals surface area contributed by atoms with Gasteiger partial charge in [0.15, 0.2) is 13.5 Å². The molecule has 0 saturated carbocycles. The zero-order valence-corrected chi connectivity index (χ0v) is 51.6. The minimum Gasteiger partial charge on any atom is -1.00 e. The zero-order valence-electron chi connectivity index (χ0n) is 45.2. The Hall–Kier alpha value is 1.04. The molecule has 0 atom stereocenters. The first-order valence-electron chi connectivity index (χ1n) is 23.7. The second-order valence-electron chi connectivity index (χ2n) is 18.6. The van der Waals surface area contributed by atoms with Gasteiger partial charge >= 0.3 is 18.9 Å². The van der Waals surface area contributed by atoms with Crippen LogP contribution >= 0.6 is 15.9 Å². The summed E-state index contributed by atoms with van der Waals surface area (Å²) in [4.78, 5) is 2.00. The van der Waals surface area contributed by atoms with Crippen molar-refractivity contribution in [3.63, 3.8) is 0 Å². The van der Waals surface area contributed by atoms with E-state index in [0.29, 0.717) is 31.6 Å². The fraction of sp³-hybridized carbons (Fsp3) is 1.00. The van der Waals surface area contributed by atoms with Gasteiger partial charge in [0.2, 0.25) is 0 Å². The molecule has 16 nitrogen and oxygen atoms in total. The molecule has 0 aliphatic heterocycles. The predicted molar refractivity (Wildman–Crippen MR) is 315 cm³/mol. The SMILES string of the molecule is C.C.C.C.C.CCCCCCCCCCCCCC[N+](C)(C)CO.CCCCCCCCCCCCCC[N+](C)(C)CO.CN(C)C.CS(=O)(=O)[N-]S(C)(=O)=O.CS(=O)(=O)[N-]S(C)(=O)=O.OCCCBr.[Br-].[Li+]. The number of rotatable bonds is 34. The van der Waals surface area contributed by atoms with Gasteiger partial charge in [0.25, 0.3) is 0 Å². The molecule has 0 bridgehead atoms. The van der Waals surface area contributed by atoms with E-state index in [4.69, 9.17) is 15.3 Å². The van der Waals surface area contributed by atoms with Gasteiger partial charge in [0, 0.05) is 37.0 Å². The third-order valence-corrected chi connectivity index (χ3v) is 13.7. The van der Waals surface area contributed by atoms with Crippen LogP contribution in [0.2, 0.25) is 0 Å². The minimum absolute atomic E-state index is 0. The summed E-state index contributed by atoms with van der Waals surface area (Å²) in [7, 11) is -0.596. The Kier molecular flexibility index (Phi) is 99.5. The van der Waals surface area contributed by atoms with Gasteiger partial charge in [0.05, 0.1) is 81.4 Å². The Morgan fingerprint density at radius 2 is 0.569 bits per heavy atom. The third kappa shape index (κ3) is 134. The van der Waals surface area contributed by atoms with Gasteiger partial charge in [-0.3, -0.25) is 0 Å². The van der Waals surface area contributed by atoms with E-state index in [-0.39, 0.29) is 86.4 Å². The summed E-state index contributed by atoms with van der Waals surface area (Å²) in [6, 6.07) is 0. The van der Waals surface area contributed by atoms with Crippen molar-refractivity contribution in [2.24, 2.45) is 0 Å². The Balaban J connectivity index is -0.0000000556. The molecular formula is C49H124Br2LiN5O11S4. The molecule has 23 heteroatoms. The number of sulfonamides is 4. The van der Waals surface area contributed by atoms with Crippen LogP contribution in [0.5, 0.6) is 0 Å². The van der Waals surface area contributed by atoms with E-state index in [1.165, 1.54) is 154 Å². The molecule has 0 amide bonds. The van der Waals surface area contributed by atoms with Crippen molar-refractivity contribution in [3.05, 3.63) is 8.25 Å². The average Bonchev–Trinajstić information content (AvgIpc) is 3.14. The number of aliphatic hydroxyl groups excluding tert-OH is 3. The molecule has 0 aromatic heterocycles. The quantitative estimate of drug-likeness (QED) is 0.0218. The first kappa shape index (κ1) is 105. The van der Waals surface area contributed by atoms with E-state index >= 15 is 0 Å². The summed E-state index contributed by atoms with van der Waals surface area (Å²) in [6.07, 6.45) is 37.3. The van der Waals surface area contributed by atoms with Gasteiger partial charge in [-0.25, -0.2) is 33.7 Å². The minimum atomic E-state index is -3.74. The van der Waals surface area contributed by atoms with Gasteiger partial charge in [0.1, 0.15) is 0 Å². The molecule has 0 aromatic rings. The topological polar surface area (TPSA) is 229 Å². The molecule has 0 fully saturated rings. The molecule has 0 spiro atoms. The van der Waals surface area contributed by atoms with Crippen LogP contribution in [-0.2, 0) is 40.1 Å². The van der Waals surface area contributed by atoms with E-state index in [0.717, 1.165) is 33.8 Å². The van der Waals surface area contributed by atoms with Crippen LogP contribution in [0.25, 0.3) is 8.25 Å². The number of quaternary nitrogens is 2. The molecule has 0 saturated heterocycles. The summed E-state index contributed by atoms with van der Waals surface area (Å²) < 4.78 is 87.3. The monoisotopic (exact) mass is 1250 g/mol. The number of hydrogen-bond acceptors (Lipinski definition) is 12. The second kappa shape index (κ2) is 68.1. The maximum Gasteiger partial charge on any atom is 1.00 e. The average molecular weight is 1250 g/mol. The zero-order chi connectivity index (χ0) is 51.9. The molecule has 0 radical (unpaired) electrons. The summed E-state index contributed by atoms with van der Waals surface area (Å²) in [5.74, 6) is 0. The van der Waals surface area contributed by atoms with Crippen molar-refractivity contribution in [1.29, 1.82) is 0 Å². The first-order valence-corrected chi connectivity index (χ1v) is 32.2. The molecule has 0 aliphatic rings. The van der Waals surface area contributed by atoms with Crippen LogP contribution in [-0.4, -0.2) is 176 Å². The van der Waals surface area contributed by atoms with Crippen molar-refractivity contribution in [2.45, 2.75) is 212 Å². The van der Waals surface area contributed by atoms with Gasteiger partial charge in [-0.15, -0.1) is 0 Å². The van der Waals surface area contributed by atoms with E-state index in [9.17, 15) is 33.7 Å². The van der Waals surface area contributed by atoms with Gasteiger partial charge < -0.3 is 54.4 Å². The predicted octanol–water partition coefficient (Wildman–Crippen LogP) is 6.12. The largest absolute Gasteiger partial charge is 1.00 e. The van der Waals surface area contributed by atoms with Crippen LogP contribution in [0.1, 0.15) is 212 Å². The number of hydrogen-bond donors (Lipinski definition) is 3. The molecule has 3 N–H and O–H groups in total. The molecule has 0 heterocycles. The van der Waals surface area contributed by atoms with E-state index in [1.54, 1.807) is 0 Å². The summed E-state index contributed by atoms with van der Waals surface area (Å²) in [6.45, 7) is 7.59. The number of alkyl halides is 1. The smallest absolute Gasteiger partial charge is 1.00 e. The Morgan fingerprint density at radius 1 is 0.403 bits per heavy atom. The normalized spacial score (nSPS) is 10.8. The maximum absolute atomic E-state index is 10.1. The Labute approximate surface area is 483 Å². The van der Waals surface area contributed by atoms with E-state index in [1.807, 2.05) is 26.0 Å². The number of nitrogens with zero attached hydrogens (tertiary/aromatic N) is 5. The number of halogens is 2. The molecule has 72 heavy (non-hydrogen) atoms. The van der Waals surface area contributed by atoms with Gasteiger partial charge in [-0.1, -0.05) is 195 Å². The van der Waals surface area contributed by atoms with Crippen molar-refractivity contribution in [2.75, 3.05) is 113 Å². The fourth-order valence-corrected chi connectivity index (χ4v) is 9.64. The molecule has 0 rings (SSSR count). The standard InChI is InChI=1S/2C17H38NO.C3H7BrO.C3H9N.2C2H6NO4S2.5CH4.BrH.Li/c2*1-4-5-6-7-8-9-10-11-12-13-14-15-16-18(2,3)17-19;4-2-1-3-5;1-4(2)3;2*1-8(4,5)3-9(2,6)7;;;;;;;/h2*19H,4-17H2,1-3H3;5H,1-3H2;1-3H3;2*1-2H3;5*1H4;1H;/q2*+1;;;2*-1;;;;;;;+1/p-1. The fourth-order valence-electron chi connectivity index (χ4n) is 5.45. The first-order chi connectivity index (χ1) is 29.8. The Morgan fingerprint density at radius 3 is 0.667 bits per heavy atom. The third-order valence-electron chi connectivity index (χ3n) is 8.83. The summed E-state index contributed by atoms with van der Waals surface area (Å²) >= 11 is 3.15. The number of aliphatic hydroxyl groups is 3. The number of unbranched alkanes of at least 4 members (excludes halogenated alkanes) is 22. The van der Waals surface area contributed by atoms with E-state index < -0.39 is 40.1 Å². The molecule has 0 unspecified atom stereocenters. The second-order valence-corrected chi connectivity index (χ2v) is 26.4. The van der Waals surface area contributed by atoms with Crippen LogP contribution in [0.4, 0.5) is 0 Å². The Bertz CT molecular complexity index is 1290. The van der Waals surface area contributed by atoms with Crippen molar-refractivity contribution >= 4 is 56.0 Å². The molecule has 0 aromatic carbocycles. The van der Waals surface area contributed by atoms with Crippen LogP contribution in [0, 0.1) is 0 Å². The van der Waals surface area contributed by atoms with Crippen molar-refractivity contribution in [1.82, 2.24) is 4.90 Å². The van der Waals surface area contributed by atoms with Crippen molar-refractivity contribution in [3.8, 4) is 0 Å². The van der Waals surface area contributed by atoms with Gasteiger partial charge in [-0.05, 0) is 53.2 Å². The summed E-state index contributed by atoms with van der Waals surface area (Å²) in [5, 5.41) is 27.2. The molecule has 0 aliphatic carbocycles. The molecule has 450 valence electrons. The molecular weight excluding hydrogens is 1130 g/mol. The van der Waals surface area contributed by atoms with Gasteiger partial charge in [-0.2, -0.15) is 0 Å². The van der Waals surface area contributed by atoms with Crippen LogP contribution in [0.15, 0.2) is 0 Å². The summed E-state index contributed by atoms with van der Waals surface area (Å²) in [5.41, 5.74) is 0. The van der Waals surface area contributed by atoms with Crippen LogP contribution < -0.4 is 35.8 Å². The van der Waals surface area contributed by atoms with Crippen LogP contribution in [0.3, 0.4) is 0 Å². The van der Waals surface area contributed by atoms with Crippen molar-refractivity contribution < 1.29 is 93.8 Å².